The number of benzene rings is 2. The Morgan fingerprint density at radius 1 is 1.03 bits per heavy atom. The maximum Gasteiger partial charge on any atom is 0.327 e. The van der Waals surface area contributed by atoms with Crippen molar-refractivity contribution in [1.29, 1.82) is 0 Å². The van der Waals surface area contributed by atoms with Gasteiger partial charge in [-0.15, -0.1) is 11.3 Å². The number of esters is 1. The summed E-state index contributed by atoms with van der Waals surface area (Å²) >= 11 is 7.47. The highest BCUT2D eigenvalue weighted by molar-refractivity contribution is 7.13. The SMILES string of the molecule is COC(=O)C(c1ccc(Cl)cc1)N1CCN(C(=O)c2csc(-c3ccc(C)cc3)n2)CC1. The van der Waals surface area contributed by atoms with Gasteiger partial charge in [-0.05, 0) is 24.6 Å². The van der Waals surface area contributed by atoms with Gasteiger partial charge >= 0.3 is 5.97 Å². The van der Waals surface area contributed by atoms with Crippen molar-refractivity contribution in [2.45, 2.75) is 13.0 Å². The third-order valence-corrected chi connectivity index (χ3v) is 6.74. The van der Waals surface area contributed by atoms with Gasteiger partial charge < -0.3 is 9.64 Å². The number of aromatic nitrogens is 1. The number of thiazole rings is 1. The van der Waals surface area contributed by atoms with E-state index in [4.69, 9.17) is 16.3 Å². The summed E-state index contributed by atoms with van der Waals surface area (Å²) < 4.78 is 5.04. The maximum absolute atomic E-state index is 13.0. The third-order valence-electron chi connectivity index (χ3n) is 5.60. The van der Waals surface area contributed by atoms with Crippen LogP contribution in [-0.2, 0) is 9.53 Å². The van der Waals surface area contributed by atoms with Gasteiger partial charge in [0.1, 0.15) is 16.7 Å². The Balaban J connectivity index is 1.43. The number of methoxy groups -OCH3 is 1. The molecule has 0 N–H and O–H groups in total. The molecular weight excluding hydrogens is 446 g/mol. The first kappa shape index (κ1) is 22.5. The molecule has 2 heterocycles. The lowest BCUT2D eigenvalue weighted by molar-refractivity contribution is -0.148. The standard InChI is InChI=1S/C24H24ClN3O3S/c1-16-3-5-18(6-4-16)22-26-20(15-32-22)23(29)28-13-11-27(12-14-28)21(24(30)31-2)17-7-9-19(25)10-8-17/h3-10,15,21H,11-14H2,1-2H3. The van der Waals surface area contributed by atoms with E-state index in [1.54, 1.807) is 17.0 Å². The average Bonchev–Trinajstić information content (AvgIpc) is 3.31. The van der Waals surface area contributed by atoms with E-state index in [1.807, 2.05) is 53.6 Å². The highest BCUT2D eigenvalue weighted by Crippen LogP contribution is 2.27. The van der Waals surface area contributed by atoms with E-state index in [2.05, 4.69) is 4.98 Å². The Bertz CT molecular complexity index is 1090. The van der Waals surface area contributed by atoms with E-state index < -0.39 is 6.04 Å². The Kier molecular flexibility index (Phi) is 6.89. The van der Waals surface area contributed by atoms with Crippen molar-refractivity contribution in [1.82, 2.24) is 14.8 Å². The van der Waals surface area contributed by atoms with Crippen molar-refractivity contribution in [2.24, 2.45) is 0 Å². The first-order chi connectivity index (χ1) is 15.5. The van der Waals surface area contributed by atoms with Gasteiger partial charge in [0, 0.05) is 42.1 Å². The van der Waals surface area contributed by atoms with E-state index in [1.165, 1.54) is 24.0 Å². The zero-order chi connectivity index (χ0) is 22.7. The molecule has 0 radical (unpaired) electrons. The lowest BCUT2D eigenvalue weighted by Gasteiger charge is -2.38. The second-order valence-electron chi connectivity index (χ2n) is 7.71. The summed E-state index contributed by atoms with van der Waals surface area (Å²) in [5.74, 6) is -0.408. The van der Waals surface area contributed by atoms with Crippen LogP contribution in [0.5, 0.6) is 0 Å². The average molecular weight is 470 g/mol. The summed E-state index contributed by atoms with van der Waals surface area (Å²) in [7, 11) is 1.39. The van der Waals surface area contributed by atoms with Crippen LogP contribution in [0.2, 0.25) is 5.02 Å². The Labute approximate surface area is 196 Å². The zero-order valence-electron chi connectivity index (χ0n) is 18.0. The van der Waals surface area contributed by atoms with Gasteiger partial charge in [0.05, 0.1) is 7.11 Å². The number of rotatable bonds is 5. The first-order valence-corrected chi connectivity index (χ1v) is 11.6. The number of piperazine rings is 1. The predicted molar refractivity (Wildman–Crippen MR) is 126 cm³/mol. The molecule has 0 aliphatic carbocycles. The number of hydrogen-bond acceptors (Lipinski definition) is 6. The first-order valence-electron chi connectivity index (χ1n) is 10.4. The summed E-state index contributed by atoms with van der Waals surface area (Å²) in [5.41, 5.74) is 3.47. The van der Waals surface area contributed by atoms with E-state index in [9.17, 15) is 9.59 Å². The summed E-state index contributed by atoms with van der Waals surface area (Å²) in [6.45, 7) is 4.18. The van der Waals surface area contributed by atoms with E-state index >= 15 is 0 Å². The number of halogens is 1. The fourth-order valence-corrected chi connectivity index (χ4v) is 4.72. The molecule has 0 bridgehead atoms. The largest absolute Gasteiger partial charge is 0.468 e. The molecule has 1 aliphatic rings. The molecule has 4 rings (SSSR count). The molecule has 8 heteroatoms. The van der Waals surface area contributed by atoms with Gasteiger partial charge in [-0.1, -0.05) is 53.6 Å². The minimum absolute atomic E-state index is 0.0830. The molecule has 1 amide bonds. The minimum atomic E-state index is -0.526. The molecule has 1 unspecified atom stereocenters. The smallest absolute Gasteiger partial charge is 0.327 e. The molecule has 1 saturated heterocycles. The third kappa shape index (κ3) is 4.85. The molecule has 0 saturated carbocycles. The van der Waals surface area contributed by atoms with Crippen molar-refractivity contribution in [3.63, 3.8) is 0 Å². The molecule has 6 nitrogen and oxygen atoms in total. The van der Waals surface area contributed by atoms with Crippen LogP contribution in [0, 0.1) is 6.92 Å². The Morgan fingerprint density at radius 3 is 2.31 bits per heavy atom. The van der Waals surface area contributed by atoms with Crippen LogP contribution in [0.3, 0.4) is 0 Å². The van der Waals surface area contributed by atoms with E-state index in [0.29, 0.717) is 36.9 Å². The number of ether oxygens (including phenoxy) is 1. The van der Waals surface area contributed by atoms with Gasteiger partial charge in [-0.25, -0.2) is 9.78 Å². The summed E-state index contributed by atoms with van der Waals surface area (Å²) in [6.07, 6.45) is 0. The Morgan fingerprint density at radius 2 is 1.69 bits per heavy atom. The van der Waals surface area contributed by atoms with Crippen molar-refractivity contribution in [3.05, 3.63) is 75.8 Å². The van der Waals surface area contributed by atoms with Gasteiger partial charge in [-0.2, -0.15) is 0 Å². The van der Waals surface area contributed by atoms with Crippen LogP contribution < -0.4 is 0 Å². The van der Waals surface area contributed by atoms with E-state index in [-0.39, 0.29) is 11.9 Å². The van der Waals surface area contributed by atoms with E-state index in [0.717, 1.165) is 16.1 Å². The number of aryl methyl sites for hydroxylation is 1. The highest BCUT2D eigenvalue weighted by atomic mass is 35.5. The molecule has 3 aromatic rings. The summed E-state index contributed by atoms with van der Waals surface area (Å²) in [6, 6.07) is 14.8. The second-order valence-corrected chi connectivity index (χ2v) is 9.00. The van der Waals surface area contributed by atoms with Crippen molar-refractivity contribution >= 4 is 34.8 Å². The highest BCUT2D eigenvalue weighted by Gasteiger charge is 2.33. The van der Waals surface area contributed by atoms with Crippen LogP contribution in [0.15, 0.2) is 53.9 Å². The number of nitrogens with zero attached hydrogens (tertiary/aromatic N) is 3. The minimum Gasteiger partial charge on any atom is -0.468 e. The fraction of sp³-hybridized carbons (Fsp3) is 0.292. The number of amides is 1. The Hall–Kier alpha value is -2.74. The predicted octanol–water partition coefficient (Wildman–Crippen LogP) is 4.44. The molecule has 1 aromatic heterocycles. The van der Waals surface area contributed by atoms with Crippen molar-refractivity contribution in [3.8, 4) is 10.6 Å². The monoisotopic (exact) mass is 469 g/mol. The number of hydrogen-bond donors (Lipinski definition) is 0. The van der Waals surface area contributed by atoms with Crippen LogP contribution >= 0.6 is 22.9 Å². The lowest BCUT2D eigenvalue weighted by atomic mass is 10.0. The molecule has 166 valence electrons. The maximum atomic E-state index is 13.0. The van der Waals surface area contributed by atoms with Crippen LogP contribution in [0.1, 0.15) is 27.7 Å². The second kappa shape index (κ2) is 9.81. The zero-order valence-corrected chi connectivity index (χ0v) is 19.5. The normalized spacial score (nSPS) is 15.4. The van der Waals surface area contributed by atoms with Crippen LogP contribution in [0.25, 0.3) is 10.6 Å². The molecule has 32 heavy (non-hydrogen) atoms. The van der Waals surface area contributed by atoms with Crippen LogP contribution in [0.4, 0.5) is 0 Å². The van der Waals surface area contributed by atoms with Gasteiger partial charge in [0.25, 0.3) is 5.91 Å². The lowest BCUT2D eigenvalue weighted by Crippen LogP contribution is -2.51. The number of carbonyl (C=O) groups is 2. The van der Waals surface area contributed by atoms with Gasteiger partial charge in [0.2, 0.25) is 0 Å². The quantitative estimate of drug-likeness (QED) is 0.517. The molecule has 1 fully saturated rings. The summed E-state index contributed by atoms with van der Waals surface area (Å²) in [5, 5.41) is 3.26. The molecule has 1 aliphatic heterocycles. The van der Waals surface area contributed by atoms with Gasteiger partial charge in [-0.3, -0.25) is 9.69 Å². The van der Waals surface area contributed by atoms with Crippen molar-refractivity contribution < 1.29 is 14.3 Å². The van der Waals surface area contributed by atoms with Crippen molar-refractivity contribution in [2.75, 3.05) is 33.3 Å². The number of carbonyl (C=O) groups excluding carboxylic acids is 2. The van der Waals surface area contributed by atoms with Crippen LogP contribution in [-0.4, -0.2) is 59.9 Å². The summed E-state index contributed by atoms with van der Waals surface area (Å²) in [4.78, 5) is 33.9. The fourth-order valence-electron chi connectivity index (χ4n) is 3.80. The van der Waals surface area contributed by atoms with Gasteiger partial charge in [0.15, 0.2) is 0 Å². The molecular formula is C24H24ClN3O3S. The molecule has 1 atom stereocenters. The molecule has 0 spiro atoms. The molecule has 2 aromatic carbocycles. The topological polar surface area (TPSA) is 62.7 Å².